The van der Waals surface area contributed by atoms with Crippen molar-refractivity contribution >= 4 is 5.78 Å². The first-order valence-corrected chi connectivity index (χ1v) is 9.78. The van der Waals surface area contributed by atoms with E-state index in [4.69, 9.17) is 9.47 Å². The average Bonchev–Trinajstić information content (AvgIpc) is 3.12. The molecule has 1 heterocycles. The Morgan fingerprint density at radius 1 is 1.15 bits per heavy atom. The smallest absolute Gasteiger partial charge is 0.187 e. The topological polar surface area (TPSA) is 116 Å². The predicted octanol–water partition coefficient (Wildman–Crippen LogP) is 0.143. The number of aliphatic hydroxyl groups excluding tert-OH is 4. The highest BCUT2D eigenvalue weighted by molar-refractivity contribution is 5.95. The third-order valence-corrected chi connectivity index (χ3v) is 7.14. The second-order valence-corrected chi connectivity index (χ2v) is 9.76. The number of fused-ring (bicyclic) bond motifs is 3. The lowest BCUT2D eigenvalue weighted by Crippen LogP contribution is -2.60. The molecule has 2 saturated carbocycles. The van der Waals surface area contributed by atoms with E-state index in [1.54, 1.807) is 6.08 Å². The third-order valence-electron chi connectivity index (χ3n) is 7.14. The lowest BCUT2D eigenvalue weighted by Gasteiger charge is -2.43. The molecule has 27 heavy (non-hydrogen) atoms. The molecule has 0 aromatic rings. The number of aliphatic hydroxyl groups is 4. The van der Waals surface area contributed by atoms with Crippen LogP contribution in [0.15, 0.2) is 11.6 Å². The van der Waals surface area contributed by atoms with Crippen molar-refractivity contribution in [1.82, 2.24) is 0 Å². The molecule has 152 valence electrons. The molecule has 0 unspecified atom stereocenters. The van der Waals surface area contributed by atoms with Gasteiger partial charge in [0.05, 0.1) is 12.7 Å². The van der Waals surface area contributed by atoms with Gasteiger partial charge in [0.15, 0.2) is 12.1 Å². The number of hydrogen-bond acceptors (Lipinski definition) is 7. The van der Waals surface area contributed by atoms with E-state index in [0.29, 0.717) is 6.42 Å². The third kappa shape index (κ3) is 2.91. The van der Waals surface area contributed by atoms with Gasteiger partial charge in [-0.15, -0.1) is 0 Å². The molecule has 1 saturated heterocycles. The summed E-state index contributed by atoms with van der Waals surface area (Å²) in [7, 11) is 0. The van der Waals surface area contributed by atoms with Gasteiger partial charge in [-0.2, -0.15) is 0 Å². The summed E-state index contributed by atoms with van der Waals surface area (Å²) >= 11 is 0. The molecule has 7 nitrogen and oxygen atoms in total. The van der Waals surface area contributed by atoms with Crippen LogP contribution in [0.3, 0.4) is 0 Å². The van der Waals surface area contributed by atoms with Gasteiger partial charge in [0.2, 0.25) is 0 Å². The molecular formula is C20H30O7. The molecule has 4 N–H and O–H groups in total. The molecule has 1 aliphatic heterocycles. The maximum absolute atomic E-state index is 12.2. The van der Waals surface area contributed by atoms with Crippen LogP contribution in [0.4, 0.5) is 0 Å². The Morgan fingerprint density at radius 3 is 2.52 bits per heavy atom. The molecule has 9 atom stereocenters. The van der Waals surface area contributed by atoms with Crippen LogP contribution in [0.5, 0.6) is 0 Å². The van der Waals surface area contributed by atoms with Gasteiger partial charge >= 0.3 is 0 Å². The van der Waals surface area contributed by atoms with Gasteiger partial charge in [0, 0.05) is 11.8 Å². The van der Waals surface area contributed by atoms with Gasteiger partial charge in [0.1, 0.15) is 24.4 Å². The molecule has 4 rings (SSSR count). The van der Waals surface area contributed by atoms with Crippen molar-refractivity contribution in [3.8, 4) is 0 Å². The monoisotopic (exact) mass is 382 g/mol. The number of allylic oxidation sites excluding steroid dienone is 1. The number of ether oxygens (including phenoxy) is 2. The highest BCUT2D eigenvalue weighted by atomic mass is 16.7. The van der Waals surface area contributed by atoms with Gasteiger partial charge < -0.3 is 29.9 Å². The number of carbonyl (C=O) groups excluding carboxylic acids is 1. The number of carbonyl (C=O) groups is 1. The molecule has 0 aromatic carbocycles. The van der Waals surface area contributed by atoms with Gasteiger partial charge in [-0.25, -0.2) is 0 Å². The van der Waals surface area contributed by atoms with Crippen molar-refractivity contribution in [1.29, 1.82) is 0 Å². The summed E-state index contributed by atoms with van der Waals surface area (Å²) in [4.78, 5) is 12.2. The fourth-order valence-corrected chi connectivity index (χ4v) is 5.97. The van der Waals surface area contributed by atoms with E-state index < -0.39 is 42.7 Å². The SMILES string of the molecule is CC1(C)C[C@H]2[C@@H](C1)C1=CC(=O)C[C@]1(C)[C@H]2O[C@@H]1O[C@H](CO)[C@@H](O)[C@H](O)[C@H]1O. The quantitative estimate of drug-likeness (QED) is 0.549. The molecule has 7 heteroatoms. The van der Waals surface area contributed by atoms with Crippen LogP contribution < -0.4 is 0 Å². The first kappa shape index (κ1) is 19.5. The van der Waals surface area contributed by atoms with E-state index in [-0.39, 0.29) is 29.1 Å². The summed E-state index contributed by atoms with van der Waals surface area (Å²) in [6.45, 7) is 5.97. The normalized spacial score (nSPS) is 51.2. The van der Waals surface area contributed by atoms with Gasteiger partial charge in [-0.1, -0.05) is 26.3 Å². The van der Waals surface area contributed by atoms with E-state index in [0.717, 1.165) is 18.4 Å². The van der Waals surface area contributed by atoms with Crippen LogP contribution in [0.25, 0.3) is 0 Å². The van der Waals surface area contributed by atoms with Crippen LogP contribution in [-0.2, 0) is 14.3 Å². The maximum Gasteiger partial charge on any atom is 0.187 e. The van der Waals surface area contributed by atoms with Crippen molar-refractivity contribution in [3.63, 3.8) is 0 Å². The largest absolute Gasteiger partial charge is 0.394 e. The predicted molar refractivity (Wildman–Crippen MR) is 94.4 cm³/mol. The zero-order valence-corrected chi connectivity index (χ0v) is 16.0. The minimum Gasteiger partial charge on any atom is -0.394 e. The molecule has 4 aliphatic rings. The first-order valence-electron chi connectivity index (χ1n) is 9.78. The number of rotatable bonds is 3. The molecule has 0 spiro atoms. The lowest BCUT2D eigenvalue weighted by atomic mass is 9.77. The van der Waals surface area contributed by atoms with E-state index in [9.17, 15) is 25.2 Å². The van der Waals surface area contributed by atoms with E-state index in [1.165, 1.54) is 0 Å². The van der Waals surface area contributed by atoms with E-state index in [2.05, 4.69) is 13.8 Å². The maximum atomic E-state index is 12.2. The summed E-state index contributed by atoms with van der Waals surface area (Å²) in [5, 5.41) is 39.8. The Kier molecular flexibility index (Phi) is 4.57. The van der Waals surface area contributed by atoms with Crippen LogP contribution in [-0.4, -0.2) is 69.6 Å². The van der Waals surface area contributed by atoms with Crippen LogP contribution in [0, 0.1) is 22.7 Å². The Labute approximate surface area is 159 Å². The second kappa shape index (κ2) is 6.34. The molecule has 0 radical (unpaired) electrons. The summed E-state index contributed by atoms with van der Waals surface area (Å²) in [5.41, 5.74) is 0.833. The van der Waals surface area contributed by atoms with Crippen molar-refractivity contribution < 1.29 is 34.7 Å². The first-order chi connectivity index (χ1) is 12.6. The summed E-state index contributed by atoms with van der Waals surface area (Å²) < 4.78 is 11.8. The number of ketones is 1. The molecule has 0 amide bonds. The zero-order chi connectivity index (χ0) is 19.7. The highest BCUT2D eigenvalue weighted by Gasteiger charge is 2.63. The highest BCUT2D eigenvalue weighted by Crippen LogP contribution is 2.65. The summed E-state index contributed by atoms with van der Waals surface area (Å²) in [6.07, 6.45) is -2.72. The molecule has 3 aliphatic carbocycles. The zero-order valence-electron chi connectivity index (χ0n) is 16.0. The Hall–Kier alpha value is -0.830. The Morgan fingerprint density at radius 2 is 1.85 bits per heavy atom. The molecule has 0 bridgehead atoms. The summed E-state index contributed by atoms with van der Waals surface area (Å²) in [6, 6.07) is 0. The standard InChI is InChI=1S/C20H30O7/c1-19(2)6-10-11(7-19)17(20(3)5-9(22)4-12(10)20)27-18-16(25)15(24)14(23)13(8-21)26-18/h4,10-11,13-18,21,23-25H,5-8H2,1-3H3/t10-,11+,13-,14-,15+,16-,17+,18+,20+/m1/s1. The lowest BCUT2D eigenvalue weighted by molar-refractivity contribution is -0.320. The van der Waals surface area contributed by atoms with Crippen molar-refractivity contribution in [2.75, 3.05) is 6.61 Å². The van der Waals surface area contributed by atoms with Crippen LogP contribution in [0.1, 0.15) is 40.0 Å². The van der Waals surface area contributed by atoms with Crippen molar-refractivity contribution in [2.24, 2.45) is 22.7 Å². The fraction of sp³-hybridized carbons (Fsp3) is 0.850. The molecule has 0 aromatic heterocycles. The number of hydrogen-bond donors (Lipinski definition) is 4. The van der Waals surface area contributed by atoms with Crippen molar-refractivity contribution in [3.05, 3.63) is 11.6 Å². The minimum atomic E-state index is -1.47. The fourth-order valence-electron chi connectivity index (χ4n) is 5.97. The van der Waals surface area contributed by atoms with E-state index in [1.807, 2.05) is 6.92 Å². The van der Waals surface area contributed by atoms with Gasteiger partial charge in [0.25, 0.3) is 0 Å². The molecular weight excluding hydrogens is 352 g/mol. The average molecular weight is 382 g/mol. The van der Waals surface area contributed by atoms with Crippen molar-refractivity contribution in [2.45, 2.75) is 76.8 Å². The summed E-state index contributed by atoms with van der Waals surface area (Å²) in [5.74, 6) is 0.570. The Bertz CT molecular complexity index is 657. The second-order valence-electron chi connectivity index (χ2n) is 9.76. The van der Waals surface area contributed by atoms with Gasteiger partial charge in [-0.3, -0.25) is 4.79 Å². The van der Waals surface area contributed by atoms with Crippen LogP contribution >= 0.6 is 0 Å². The Balaban J connectivity index is 1.62. The minimum absolute atomic E-state index is 0.0954. The van der Waals surface area contributed by atoms with Crippen LogP contribution in [0.2, 0.25) is 0 Å². The molecule has 3 fully saturated rings. The van der Waals surface area contributed by atoms with E-state index >= 15 is 0 Å². The van der Waals surface area contributed by atoms with Gasteiger partial charge in [-0.05, 0) is 36.2 Å².